The van der Waals surface area contributed by atoms with Crippen molar-refractivity contribution in [2.24, 2.45) is 0 Å². The number of carbonyl (C=O) groups excluding carboxylic acids is 2. The summed E-state index contributed by atoms with van der Waals surface area (Å²) >= 11 is 0. The van der Waals surface area contributed by atoms with Crippen LogP contribution in [0, 0.1) is 12.7 Å². The lowest BCUT2D eigenvalue weighted by Crippen LogP contribution is -2.49. The van der Waals surface area contributed by atoms with Gasteiger partial charge in [0.15, 0.2) is 0 Å². The van der Waals surface area contributed by atoms with Crippen LogP contribution >= 0.6 is 0 Å². The molecule has 0 aliphatic rings. The molecule has 0 saturated carbocycles. The summed E-state index contributed by atoms with van der Waals surface area (Å²) in [5.74, 6) is 0.167. The molecule has 2 aromatic rings. The van der Waals surface area contributed by atoms with Gasteiger partial charge in [-0.15, -0.1) is 0 Å². The van der Waals surface area contributed by atoms with Crippen LogP contribution in [0.25, 0.3) is 0 Å². The minimum atomic E-state index is -0.567. The maximum Gasteiger partial charge on any atom is 0.242 e. The fraction of sp³-hybridized carbons (Fsp3) is 0.440. The number of benzene rings is 2. The fourth-order valence-electron chi connectivity index (χ4n) is 3.26. The van der Waals surface area contributed by atoms with Crippen LogP contribution in [0.3, 0.4) is 0 Å². The first-order chi connectivity index (χ1) is 14.9. The summed E-state index contributed by atoms with van der Waals surface area (Å²) in [6, 6.07) is 13.2. The third-order valence-corrected chi connectivity index (χ3v) is 5.03. The highest BCUT2D eigenvalue weighted by molar-refractivity contribution is 5.87. The Morgan fingerprint density at radius 3 is 2.35 bits per heavy atom. The van der Waals surface area contributed by atoms with Gasteiger partial charge in [0.1, 0.15) is 17.6 Å². The van der Waals surface area contributed by atoms with Crippen LogP contribution in [0.4, 0.5) is 4.39 Å². The number of rotatable bonds is 12. The van der Waals surface area contributed by atoms with Gasteiger partial charge in [-0.1, -0.05) is 43.7 Å². The number of ether oxygens (including phenoxy) is 1. The van der Waals surface area contributed by atoms with Crippen molar-refractivity contribution in [2.75, 3.05) is 13.2 Å². The topological polar surface area (TPSA) is 58.6 Å². The van der Waals surface area contributed by atoms with E-state index in [0.29, 0.717) is 26.0 Å². The molecule has 0 aliphatic heterocycles. The van der Waals surface area contributed by atoms with Gasteiger partial charge in [0.2, 0.25) is 11.8 Å². The quantitative estimate of drug-likeness (QED) is 0.502. The second-order valence-electron chi connectivity index (χ2n) is 7.63. The van der Waals surface area contributed by atoms with Crippen molar-refractivity contribution < 1.29 is 18.7 Å². The van der Waals surface area contributed by atoms with Crippen LogP contribution in [0.15, 0.2) is 48.5 Å². The highest BCUT2D eigenvalue weighted by Gasteiger charge is 2.28. The minimum absolute atomic E-state index is 0.115. The number of amides is 2. The zero-order valence-corrected chi connectivity index (χ0v) is 18.7. The van der Waals surface area contributed by atoms with E-state index >= 15 is 0 Å². The van der Waals surface area contributed by atoms with E-state index in [9.17, 15) is 14.0 Å². The molecule has 0 radical (unpaired) electrons. The molecule has 2 amide bonds. The van der Waals surface area contributed by atoms with E-state index in [1.807, 2.05) is 45.0 Å². The molecule has 0 heterocycles. The molecule has 5 nitrogen and oxygen atoms in total. The number of halogens is 1. The van der Waals surface area contributed by atoms with E-state index in [4.69, 9.17) is 4.74 Å². The molecule has 0 saturated heterocycles. The number of hydrogen-bond acceptors (Lipinski definition) is 3. The lowest BCUT2D eigenvalue weighted by Gasteiger charge is -2.30. The van der Waals surface area contributed by atoms with Gasteiger partial charge in [0.05, 0.1) is 6.61 Å². The molecule has 2 aromatic carbocycles. The molecular formula is C25H33FN2O3. The third kappa shape index (κ3) is 8.04. The zero-order chi connectivity index (χ0) is 22.6. The maximum absolute atomic E-state index is 13.3. The van der Waals surface area contributed by atoms with Crippen LogP contribution in [0.1, 0.15) is 50.7 Å². The SMILES string of the molecule is CCCNC(=O)[C@H](CC)N(Cc1ccc(F)cc1)C(=O)CCCOc1ccc(C)cc1. The summed E-state index contributed by atoms with van der Waals surface area (Å²) < 4.78 is 19.0. The fourth-order valence-corrected chi connectivity index (χ4v) is 3.26. The Morgan fingerprint density at radius 1 is 1.06 bits per heavy atom. The summed E-state index contributed by atoms with van der Waals surface area (Å²) in [6.07, 6.45) is 2.14. The van der Waals surface area contributed by atoms with Crippen molar-refractivity contribution >= 4 is 11.8 Å². The largest absolute Gasteiger partial charge is 0.494 e. The van der Waals surface area contributed by atoms with Gasteiger partial charge in [-0.2, -0.15) is 0 Å². The van der Waals surface area contributed by atoms with Gasteiger partial charge >= 0.3 is 0 Å². The monoisotopic (exact) mass is 428 g/mol. The molecule has 0 aliphatic carbocycles. The third-order valence-electron chi connectivity index (χ3n) is 5.03. The molecule has 0 fully saturated rings. The summed E-state index contributed by atoms with van der Waals surface area (Å²) in [5, 5.41) is 2.89. The van der Waals surface area contributed by atoms with Crippen LogP contribution in [0.2, 0.25) is 0 Å². The van der Waals surface area contributed by atoms with Crippen LogP contribution in [0.5, 0.6) is 5.75 Å². The maximum atomic E-state index is 13.3. The molecule has 0 bridgehead atoms. The molecule has 0 spiro atoms. The van der Waals surface area contributed by atoms with Crippen LogP contribution in [-0.2, 0) is 16.1 Å². The van der Waals surface area contributed by atoms with Crippen molar-refractivity contribution in [2.45, 2.75) is 59.0 Å². The molecule has 0 unspecified atom stereocenters. The number of nitrogens with one attached hydrogen (secondary N) is 1. The standard InChI is InChI=1S/C25H33FN2O3/c1-4-16-27-25(30)23(5-2)28(18-20-10-12-21(26)13-11-20)24(29)7-6-17-31-22-14-8-19(3)9-15-22/h8-15,23H,4-7,16-18H2,1-3H3,(H,27,30)/t23-/m0/s1. The highest BCUT2D eigenvalue weighted by Crippen LogP contribution is 2.16. The second-order valence-corrected chi connectivity index (χ2v) is 7.63. The summed E-state index contributed by atoms with van der Waals surface area (Å²) in [4.78, 5) is 27.3. The molecule has 2 rings (SSSR count). The first kappa shape index (κ1) is 24.4. The Bertz CT molecular complexity index is 822. The summed E-state index contributed by atoms with van der Waals surface area (Å²) in [7, 11) is 0. The van der Waals surface area contributed by atoms with Crippen LogP contribution < -0.4 is 10.1 Å². The first-order valence-corrected chi connectivity index (χ1v) is 11.0. The molecule has 168 valence electrons. The van der Waals surface area contributed by atoms with Crippen molar-refractivity contribution in [3.8, 4) is 5.75 Å². The second kappa shape index (κ2) is 12.7. The minimum Gasteiger partial charge on any atom is -0.494 e. The number of carbonyl (C=O) groups is 2. The van der Waals surface area contributed by atoms with Crippen molar-refractivity contribution in [3.05, 3.63) is 65.5 Å². The van der Waals surface area contributed by atoms with Gasteiger partial charge in [-0.25, -0.2) is 4.39 Å². The predicted octanol–water partition coefficient (Wildman–Crippen LogP) is 4.63. The smallest absolute Gasteiger partial charge is 0.242 e. The summed E-state index contributed by atoms with van der Waals surface area (Å²) in [6.45, 7) is 7.13. The van der Waals surface area contributed by atoms with Gasteiger partial charge in [0.25, 0.3) is 0 Å². The van der Waals surface area contributed by atoms with Crippen molar-refractivity contribution in [3.63, 3.8) is 0 Å². The first-order valence-electron chi connectivity index (χ1n) is 11.0. The van der Waals surface area contributed by atoms with E-state index in [2.05, 4.69) is 5.32 Å². The van der Waals surface area contributed by atoms with Crippen LogP contribution in [-0.4, -0.2) is 35.9 Å². The van der Waals surface area contributed by atoms with Crippen molar-refractivity contribution in [1.82, 2.24) is 10.2 Å². The average molecular weight is 429 g/mol. The Hall–Kier alpha value is -2.89. The molecule has 6 heteroatoms. The lowest BCUT2D eigenvalue weighted by molar-refractivity contribution is -0.141. The van der Waals surface area contributed by atoms with Crippen molar-refractivity contribution in [1.29, 1.82) is 0 Å². The normalized spacial score (nSPS) is 11.6. The number of nitrogens with zero attached hydrogens (tertiary/aromatic N) is 1. The average Bonchev–Trinajstić information content (AvgIpc) is 2.77. The van der Waals surface area contributed by atoms with E-state index in [1.54, 1.807) is 17.0 Å². The summed E-state index contributed by atoms with van der Waals surface area (Å²) in [5.41, 5.74) is 1.94. The Labute approximate surface area is 184 Å². The van der Waals surface area contributed by atoms with Gasteiger partial charge < -0.3 is 15.0 Å². The van der Waals surface area contributed by atoms with E-state index in [-0.39, 0.29) is 30.6 Å². The van der Waals surface area contributed by atoms with Gasteiger partial charge in [-0.3, -0.25) is 9.59 Å². The lowest BCUT2D eigenvalue weighted by atomic mass is 10.1. The van der Waals surface area contributed by atoms with Gasteiger partial charge in [0, 0.05) is 19.5 Å². The molecule has 1 atom stereocenters. The van der Waals surface area contributed by atoms with Gasteiger partial charge in [-0.05, 0) is 56.0 Å². The molecule has 0 aromatic heterocycles. The van der Waals surface area contributed by atoms with E-state index < -0.39 is 6.04 Å². The van der Waals surface area contributed by atoms with E-state index in [0.717, 1.165) is 23.3 Å². The Kier molecular flexibility index (Phi) is 10.0. The number of aryl methyl sites for hydroxylation is 1. The molecular weight excluding hydrogens is 395 g/mol. The number of hydrogen-bond donors (Lipinski definition) is 1. The highest BCUT2D eigenvalue weighted by atomic mass is 19.1. The Morgan fingerprint density at radius 2 is 1.74 bits per heavy atom. The molecule has 31 heavy (non-hydrogen) atoms. The predicted molar refractivity (Wildman–Crippen MR) is 120 cm³/mol. The zero-order valence-electron chi connectivity index (χ0n) is 18.7. The molecule has 1 N–H and O–H groups in total. The Balaban J connectivity index is 2.02. The van der Waals surface area contributed by atoms with E-state index in [1.165, 1.54) is 12.1 Å².